The second-order valence-electron chi connectivity index (χ2n) is 8.94. The van der Waals surface area contributed by atoms with Crippen LogP contribution in [0.5, 0.6) is 11.5 Å². The number of aryl methyl sites for hydroxylation is 1. The van der Waals surface area contributed by atoms with Gasteiger partial charge in [-0.1, -0.05) is 30.3 Å². The van der Waals surface area contributed by atoms with E-state index in [0.29, 0.717) is 19.1 Å². The number of amides is 1. The molecule has 0 bridgehead atoms. The number of fused-ring (bicyclic) bond motifs is 2. The van der Waals surface area contributed by atoms with Gasteiger partial charge < -0.3 is 19.3 Å². The number of ether oxygens (including phenoxy) is 2. The molecule has 0 saturated carbocycles. The number of carbonyl (C=O) groups excluding carboxylic acids is 1. The van der Waals surface area contributed by atoms with Gasteiger partial charge in [0.25, 0.3) is 0 Å². The number of likely N-dealkylation sites (tertiary alicyclic amines) is 1. The predicted molar refractivity (Wildman–Crippen MR) is 122 cm³/mol. The van der Waals surface area contributed by atoms with Gasteiger partial charge in [0.05, 0.1) is 18.8 Å². The van der Waals surface area contributed by atoms with Crippen molar-refractivity contribution in [3.8, 4) is 11.5 Å². The fraction of sp³-hybridized carbons (Fsp3) is 0.500. The zero-order chi connectivity index (χ0) is 21.2. The second kappa shape index (κ2) is 8.91. The van der Waals surface area contributed by atoms with Crippen LogP contribution in [0.3, 0.4) is 0 Å². The first-order chi connectivity index (χ1) is 15.2. The molecule has 5 heteroatoms. The summed E-state index contributed by atoms with van der Waals surface area (Å²) in [4.78, 5) is 16.5. The number of hydrogen-bond donors (Lipinski definition) is 0. The summed E-state index contributed by atoms with van der Waals surface area (Å²) >= 11 is 0. The number of hydrogen-bond acceptors (Lipinski definition) is 4. The van der Waals surface area contributed by atoms with Crippen molar-refractivity contribution in [2.45, 2.75) is 44.9 Å². The lowest BCUT2D eigenvalue weighted by Crippen LogP contribution is -2.37. The van der Waals surface area contributed by atoms with Crippen molar-refractivity contribution < 1.29 is 14.3 Å². The molecule has 1 saturated heterocycles. The minimum Gasteiger partial charge on any atom is -0.493 e. The SMILES string of the molecule is CC(=O)N1CCOc2c(C3CCN(CCCc4cccc5c4OCC5)CC3)cccc21. The highest BCUT2D eigenvalue weighted by molar-refractivity contribution is 5.94. The third-order valence-electron chi connectivity index (χ3n) is 7.00. The third-order valence-corrected chi connectivity index (χ3v) is 7.00. The number of piperidine rings is 1. The Morgan fingerprint density at radius 3 is 2.65 bits per heavy atom. The molecule has 3 aliphatic heterocycles. The highest BCUT2D eigenvalue weighted by atomic mass is 16.5. The molecule has 164 valence electrons. The van der Waals surface area contributed by atoms with E-state index in [4.69, 9.17) is 9.47 Å². The lowest BCUT2D eigenvalue weighted by Gasteiger charge is -2.35. The van der Waals surface area contributed by atoms with Gasteiger partial charge in [-0.15, -0.1) is 0 Å². The Morgan fingerprint density at radius 1 is 1.00 bits per heavy atom. The first kappa shape index (κ1) is 20.4. The second-order valence-corrected chi connectivity index (χ2v) is 8.94. The molecule has 2 aromatic rings. The van der Waals surface area contributed by atoms with Crippen molar-refractivity contribution in [2.24, 2.45) is 0 Å². The van der Waals surface area contributed by atoms with Gasteiger partial charge in [0, 0.05) is 13.3 Å². The molecule has 2 aromatic carbocycles. The van der Waals surface area contributed by atoms with E-state index >= 15 is 0 Å². The number of para-hydroxylation sites is 2. The number of anilines is 1. The van der Waals surface area contributed by atoms with Crippen molar-refractivity contribution in [1.29, 1.82) is 0 Å². The molecule has 0 aromatic heterocycles. The average molecular weight is 421 g/mol. The summed E-state index contributed by atoms with van der Waals surface area (Å²) in [7, 11) is 0. The van der Waals surface area contributed by atoms with Crippen LogP contribution in [0.15, 0.2) is 36.4 Å². The molecule has 3 aliphatic rings. The van der Waals surface area contributed by atoms with Crippen molar-refractivity contribution in [1.82, 2.24) is 4.90 Å². The first-order valence-electron chi connectivity index (χ1n) is 11.7. The van der Waals surface area contributed by atoms with Crippen molar-refractivity contribution in [3.05, 3.63) is 53.1 Å². The van der Waals surface area contributed by atoms with Gasteiger partial charge in [0.2, 0.25) is 5.91 Å². The molecule has 1 fully saturated rings. The molecular weight excluding hydrogens is 388 g/mol. The lowest BCUT2D eigenvalue weighted by atomic mass is 9.88. The number of rotatable bonds is 5. The minimum atomic E-state index is 0.0889. The van der Waals surface area contributed by atoms with E-state index in [1.54, 1.807) is 6.92 Å². The van der Waals surface area contributed by atoms with Gasteiger partial charge in [0.1, 0.15) is 18.1 Å². The molecule has 0 spiro atoms. The van der Waals surface area contributed by atoms with Gasteiger partial charge >= 0.3 is 0 Å². The van der Waals surface area contributed by atoms with Crippen molar-refractivity contribution in [3.63, 3.8) is 0 Å². The Balaban J connectivity index is 1.17. The molecule has 0 radical (unpaired) electrons. The number of benzene rings is 2. The molecule has 0 aliphatic carbocycles. The molecule has 31 heavy (non-hydrogen) atoms. The van der Waals surface area contributed by atoms with Crippen LogP contribution in [0.4, 0.5) is 5.69 Å². The van der Waals surface area contributed by atoms with Crippen LogP contribution in [0.2, 0.25) is 0 Å². The van der Waals surface area contributed by atoms with E-state index in [0.717, 1.165) is 69.1 Å². The Labute approximate surface area is 184 Å². The Hall–Kier alpha value is -2.53. The maximum atomic E-state index is 12.0. The molecular formula is C26H32N2O3. The predicted octanol–water partition coefficient (Wildman–Crippen LogP) is 4.18. The zero-order valence-electron chi connectivity index (χ0n) is 18.4. The normalized spacial score (nSPS) is 18.8. The Kier molecular flexibility index (Phi) is 5.86. The highest BCUT2D eigenvalue weighted by Crippen LogP contribution is 2.42. The van der Waals surface area contributed by atoms with Crippen LogP contribution in [0.25, 0.3) is 0 Å². The first-order valence-corrected chi connectivity index (χ1v) is 11.7. The van der Waals surface area contributed by atoms with E-state index in [1.165, 1.54) is 23.1 Å². The summed E-state index contributed by atoms with van der Waals surface area (Å²) in [5.41, 5.74) is 4.96. The minimum absolute atomic E-state index is 0.0889. The summed E-state index contributed by atoms with van der Waals surface area (Å²) in [5.74, 6) is 2.67. The van der Waals surface area contributed by atoms with Gasteiger partial charge in [0.15, 0.2) is 0 Å². The number of nitrogens with zero attached hydrogens (tertiary/aromatic N) is 2. The quantitative estimate of drug-likeness (QED) is 0.728. The summed E-state index contributed by atoms with van der Waals surface area (Å²) in [6, 6.07) is 12.9. The number of carbonyl (C=O) groups is 1. The van der Waals surface area contributed by atoms with Gasteiger partial charge in [-0.3, -0.25) is 4.79 Å². The average Bonchev–Trinajstić information content (AvgIpc) is 3.28. The summed E-state index contributed by atoms with van der Waals surface area (Å²) in [6.45, 7) is 7.06. The molecule has 1 amide bonds. The smallest absolute Gasteiger partial charge is 0.224 e. The standard InChI is InChI=1S/C26H32N2O3/c1-19(29)28-16-18-31-26-23(8-3-9-24(26)28)20-10-14-27(15-11-20)13-4-7-21-5-2-6-22-12-17-30-25(21)22/h2-3,5-6,8-9,20H,4,7,10-18H2,1H3. The van der Waals surface area contributed by atoms with Crippen LogP contribution in [0, 0.1) is 0 Å². The molecule has 0 atom stereocenters. The Bertz CT molecular complexity index is 950. The van der Waals surface area contributed by atoms with E-state index in [2.05, 4.69) is 35.2 Å². The monoisotopic (exact) mass is 420 g/mol. The van der Waals surface area contributed by atoms with E-state index in [1.807, 2.05) is 11.0 Å². The van der Waals surface area contributed by atoms with E-state index < -0.39 is 0 Å². The fourth-order valence-electron chi connectivity index (χ4n) is 5.36. The van der Waals surface area contributed by atoms with Crippen LogP contribution in [0.1, 0.15) is 48.8 Å². The van der Waals surface area contributed by atoms with Gasteiger partial charge in [-0.25, -0.2) is 0 Å². The summed E-state index contributed by atoms with van der Waals surface area (Å²) in [6.07, 6.45) is 5.59. The van der Waals surface area contributed by atoms with Crippen molar-refractivity contribution >= 4 is 11.6 Å². The van der Waals surface area contributed by atoms with Crippen LogP contribution in [-0.4, -0.2) is 50.2 Å². The molecule has 3 heterocycles. The van der Waals surface area contributed by atoms with E-state index in [9.17, 15) is 4.79 Å². The summed E-state index contributed by atoms with van der Waals surface area (Å²) in [5, 5.41) is 0. The molecule has 0 N–H and O–H groups in total. The van der Waals surface area contributed by atoms with Gasteiger partial charge in [-0.2, -0.15) is 0 Å². The molecule has 5 rings (SSSR count). The maximum absolute atomic E-state index is 12.0. The van der Waals surface area contributed by atoms with E-state index in [-0.39, 0.29) is 5.91 Å². The third kappa shape index (κ3) is 4.16. The molecule has 0 unspecified atom stereocenters. The largest absolute Gasteiger partial charge is 0.493 e. The summed E-state index contributed by atoms with van der Waals surface area (Å²) < 4.78 is 11.9. The van der Waals surface area contributed by atoms with Crippen LogP contribution >= 0.6 is 0 Å². The topological polar surface area (TPSA) is 42.0 Å². The fourth-order valence-corrected chi connectivity index (χ4v) is 5.36. The van der Waals surface area contributed by atoms with Crippen LogP contribution in [-0.2, 0) is 17.6 Å². The Morgan fingerprint density at radius 2 is 1.81 bits per heavy atom. The van der Waals surface area contributed by atoms with Gasteiger partial charge in [-0.05, 0) is 74.0 Å². The highest BCUT2D eigenvalue weighted by Gasteiger charge is 2.28. The zero-order valence-corrected chi connectivity index (χ0v) is 18.4. The molecule has 5 nitrogen and oxygen atoms in total. The maximum Gasteiger partial charge on any atom is 0.224 e. The van der Waals surface area contributed by atoms with Crippen molar-refractivity contribution in [2.75, 3.05) is 44.3 Å². The lowest BCUT2D eigenvalue weighted by molar-refractivity contribution is -0.116. The van der Waals surface area contributed by atoms with Crippen LogP contribution < -0.4 is 14.4 Å².